The molecule has 88 valence electrons. The smallest absolute Gasteiger partial charge is 0.165 e. The monoisotopic (exact) mass is 241 g/mol. The van der Waals surface area contributed by atoms with Crippen molar-refractivity contribution in [1.82, 2.24) is 5.32 Å². The SMILES string of the molecule is Fc1ccccc1OCCSCC1CNC1. The number of para-hydroxylation sites is 1. The maximum Gasteiger partial charge on any atom is 0.165 e. The Labute approximate surface area is 99.6 Å². The van der Waals surface area contributed by atoms with E-state index in [0.29, 0.717) is 12.4 Å². The quantitative estimate of drug-likeness (QED) is 0.771. The molecule has 1 fully saturated rings. The first-order valence-electron chi connectivity index (χ1n) is 5.52. The predicted octanol–water partition coefficient (Wildman–Crippen LogP) is 2.16. The van der Waals surface area contributed by atoms with Crippen molar-refractivity contribution in [3.8, 4) is 5.75 Å². The van der Waals surface area contributed by atoms with Gasteiger partial charge in [0, 0.05) is 5.75 Å². The van der Waals surface area contributed by atoms with Gasteiger partial charge in [-0.25, -0.2) is 4.39 Å². The highest BCUT2D eigenvalue weighted by Gasteiger charge is 2.15. The number of hydrogen-bond donors (Lipinski definition) is 1. The van der Waals surface area contributed by atoms with Crippen molar-refractivity contribution in [3.05, 3.63) is 30.1 Å². The summed E-state index contributed by atoms with van der Waals surface area (Å²) in [4.78, 5) is 0. The molecule has 1 N–H and O–H groups in total. The van der Waals surface area contributed by atoms with Gasteiger partial charge >= 0.3 is 0 Å². The standard InChI is InChI=1S/C12H16FNOS/c13-11-3-1-2-4-12(11)15-5-6-16-9-10-7-14-8-10/h1-4,10,14H,5-9H2. The van der Waals surface area contributed by atoms with Gasteiger partial charge in [-0.2, -0.15) is 11.8 Å². The van der Waals surface area contributed by atoms with Crippen LogP contribution in [0.1, 0.15) is 0 Å². The van der Waals surface area contributed by atoms with Crippen LogP contribution in [0.4, 0.5) is 4.39 Å². The fraction of sp³-hybridized carbons (Fsp3) is 0.500. The topological polar surface area (TPSA) is 21.3 Å². The van der Waals surface area contributed by atoms with Gasteiger partial charge in [0.15, 0.2) is 11.6 Å². The molecule has 1 saturated heterocycles. The van der Waals surface area contributed by atoms with E-state index in [-0.39, 0.29) is 5.82 Å². The summed E-state index contributed by atoms with van der Waals surface area (Å²) >= 11 is 1.87. The van der Waals surface area contributed by atoms with Gasteiger partial charge in [-0.15, -0.1) is 0 Å². The highest BCUT2D eigenvalue weighted by Crippen LogP contribution is 2.16. The first-order chi connectivity index (χ1) is 7.86. The van der Waals surface area contributed by atoms with Gasteiger partial charge in [0.1, 0.15) is 0 Å². The second-order valence-electron chi connectivity index (χ2n) is 3.88. The Morgan fingerprint density at radius 2 is 2.19 bits per heavy atom. The van der Waals surface area contributed by atoms with E-state index in [2.05, 4.69) is 5.32 Å². The molecule has 0 bridgehead atoms. The summed E-state index contributed by atoms with van der Waals surface area (Å²) in [5.74, 6) is 2.99. The fourth-order valence-electron chi connectivity index (χ4n) is 1.49. The lowest BCUT2D eigenvalue weighted by Crippen LogP contribution is -2.43. The average Bonchev–Trinajstić information content (AvgIpc) is 2.23. The van der Waals surface area contributed by atoms with E-state index in [0.717, 1.165) is 24.8 Å². The second kappa shape index (κ2) is 6.11. The van der Waals surface area contributed by atoms with Crippen LogP contribution < -0.4 is 10.1 Å². The summed E-state index contributed by atoms with van der Waals surface area (Å²) < 4.78 is 18.5. The number of hydrogen-bond acceptors (Lipinski definition) is 3. The molecule has 4 heteroatoms. The third-order valence-electron chi connectivity index (χ3n) is 2.54. The Bertz CT molecular complexity index is 331. The van der Waals surface area contributed by atoms with Crippen LogP contribution in [0.25, 0.3) is 0 Å². The van der Waals surface area contributed by atoms with Crippen LogP contribution in [-0.4, -0.2) is 31.2 Å². The summed E-state index contributed by atoms with van der Waals surface area (Å²) in [6, 6.07) is 6.53. The van der Waals surface area contributed by atoms with E-state index in [9.17, 15) is 4.39 Å². The van der Waals surface area contributed by atoms with E-state index in [1.165, 1.54) is 11.8 Å². The van der Waals surface area contributed by atoms with Gasteiger partial charge < -0.3 is 10.1 Å². The van der Waals surface area contributed by atoms with Crippen molar-refractivity contribution in [2.45, 2.75) is 0 Å². The predicted molar refractivity (Wildman–Crippen MR) is 65.6 cm³/mol. The Hall–Kier alpha value is -0.740. The molecule has 1 heterocycles. The lowest BCUT2D eigenvalue weighted by Gasteiger charge is -2.26. The van der Waals surface area contributed by atoms with E-state index in [1.54, 1.807) is 18.2 Å². The van der Waals surface area contributed by atoms with Gasteiger partial charge in [-0.3, -0.25) is 0 Å². The molecule has 0 saturated carbocycles. The highest BCUT2D eigenvalue weighted by atomic mass is 32.2. The molecule has 16 heavy (non-hydrogen) atoms. The lowest BCUT2D eigenvalue weighted by atomic mass is 10.1. The van der Waals surface area contributed by atoms with Crippen LogP contribution in [0, 0.1) is 11.7 Å². The Morgan fingerprint density at radius 3 is 2.88 bits per heavy atom. The van der Waals surface area contributed by atoms with Gasteiger partial charge in [-0.05, 0) is 36.9 Å². The number of halogens is 1. The molecule has 2 rings (SSSR count). The van der Waals surface area contributed by atoms with Crippen LogP contribution in [0.15, 0.2) is 24.3 Å². The van der Waals surface area contributed by atoms with E-state index < -0.39 is 0 Å². The van der Waals surface area contributed by atoms with Gasteiger partial charge in [0.25, 0.3) is 0 Å². The normalized spacial score (nSPS) is 15.8. The number of ether oxygens (including phenoxy) is 1. The zero-order chi connectivity index (χ0) is 11.2. The first-order valence-corrected chi connectivity index (χ1v) is 6.67. The number of nitrogens with one attached hydrogen (secondary N) is 1. The second-order valence-corrected chi connectivity index (χ2v) is 5.03. The highest BCUT2D eigenvalue weighted by molar-refractivity contribution is 7.99. The van der Waals surface area contributed by atoms with Crippen LogP contribution in [0.3, 0.4) is 0 Å². The molecular formula is C12H16FNOS. The number of rotatable bonds is 6. The summed E-state index contributed by atoms with van der Waals surface area (Å²) in [5, 5.41) is 3.24. The molecule has 0 radical (unpaired) electrons. The zero-order valence-electron chi connectivity index (χ0n) is 9.12. The molecule has 1 aromatic carbocycles. The van der Waals surface area contributed by atoms with Crippen molar-refractivity contribution in [2.24, 2.45) is 5.92 Å². The Morgan fingerprint density at radius 1 is 1.38 bits per heavy atom. The largest absolute Gasteiger partial charge is 0.490 e. The molecule has 1 aliphatic heterocycles. The molecular weight excluding hydrogens is 225 g/mol. The fourth-order valence-corrected chi connectivity index (χ4v) is 2.43. The molecule has 0 aromatic heterocycles. The molecule has 0 spiro atoms. The summed E-state index contributed by atoms with van der Waals surface area (Å²) in [5.41, 5.74) is 0. The van der Waals surface area contributed by atoms with Gasteiger partial charge in [-0.1, -0.05) is 12.1 Å². The summed E-state index contributed by atoms with van der Waals surface area (Å²) in [6.45, 7) is 2.86. The van der Waals surface area contributed by atoms with Crippen LogP contribution in [0.5, 0.6) is 5.75 Å². The molecule has 2 nitrogen and oxygen atoms in total. The van der Waals surface area contributed by atoms with Crippen LogP contribution >= 0.6 is 11.8 Å². The van der Waals surface area contributed by atoms with Gasteiger partial charge in [0.2, 0.25) is 0 Å². The van der Waals surface area contributed by atoms with E-state index in [1.807, 2.05) is 11.8 Å². The minimum absolute atomic E-state index is 0.282. The maximum absolute atomic E-state index is 13.2. The minimum Gasteiger partial charge on any atom is -0.490 e. The third kappa shape index (κ3) is 3.39. The number of thioether (sulfide) groups is 1. The Kier molecular flexibility index (Phi) is 4.48. The minimum atomic E-state index is -0.282. The molecule has 1 aliphatic rings. The lowest BCUT2D eigenvalue weighted by molar-refractivity contribution is 0.324. The molecule has 0 aliphatic carbocycles. The Balaban J connectivity index is 1.58. The summed E-state index contributed by atoms with van der Waals surface area (Å²) in [6.07, 6.45) is 0. The third-order valence-corrected chi connectivity index (χ3v) is 3.70. The maximum atomic E-state index is 13.2. The van der Waals surface area contributed by atoms with Gasteiger partial charge in [0.05, 0.1) is 6.61 Å². The van der Waals surface area contributed by atoms with Crippen molar-refractivity contribution in [3.63, 3.8) is 0 Å². The first kappa shape index (κ1) is 11.7. The summed E-state index contributed by atoms with van der Waals surface area (Å²) in [7, 11) is 0. The van der Waals surface area contributed by atoms with Crippen molar-refractivity contribution >= 4 is 11.8 Å². The van der Waals surface area contributed by atoms with Crippen LogP contribution in [-0.2, 0) is 0 Å². The van der Waals surface area contributed by atoms with Crippen LogP contribution in [0.2, 0.25) is 0 Å². The van der Waals surface area contributed by atoms with Crippen molar-refractivity contribution in [2.75, 3.05) is 31.2 Å². The molecule has 0 amide bonds. The van der Waals surface area contributed by atoms with E-state index >= 15 is 0 Å². The number of benzene rings is 1. The molecule has 1 aromatic rings. The average molecular weight is 241 g/mol. The van der Waals surface area contributed by atoms with E-state index in [4.69, 9.17) is 4.74 Å². The van der Waals surface area contributed by atoms with Crippen molar-refractivity contribution < 1.29 is 9.13 Å². The van der Waals surface area contributed by atoms with Crippen molar-refractivity contribution in [1.29, 1.82) is 0 Å². The molecule has 0 unspecified atom stereocenters. The zero-order valence-corrected chi connectivity index (χ0v) is 9.93. The molecule has 0 atom stereocenters.